The summed E-state index contributed by atoms with van der Waals surface area (Å²) in [4.78, 5) is 0. The van der Waals surface area contributed by atoms with Crippen LogP contribution in [-0.2, 0) is 6.42 Å². The van der Waals surface area contributed by atoms with Crippen molar-refractivity contribution in [2.75, 3.05) is 0 Å². The summed E-state index contributed by atoms with van der Waals surface area (Å²) in [5.41, 5.74) is 0.995. The maximum absolute atomic E-state index is 13.2. The van der Waals surface area contributed by atoms with E-state index in [0.717, 1.165) is 31.7 Å². The van der Waals surface area contributed by atoms with E-state index in [1.54, 1.807) is 6.07 Å². The first-order chi connectivity index (χ1) is 9.77. The van der Waals surface area contributed by atoms with Gasteiger partial charge in [-0.2, -0.15) is 0 Å². The number of aliphatic hydroxyl groups excluding tert-OH is 1. The molecule has 1 aromatic carbocycles. The van der Waals surface area contributed by atoms with Gasteiger partial charge >= 0.3 is 0 Å². The predicted molar refractivity (Wildman–Crippen MR) is 81.0 cm³/mol. The van der Waals surface area contributed by atoms with Crippen molar-refractivity contribution in [3.05, 3.63) is 35.4 Å². The molecule has 0 bridgehead atoms. The van der Waals surface area contributed by atoms with Crippen molar-refractivity contribution in [2.24, 2.45) is 17.3 Å². The van der Waals surface area contributed by atoms with Crippen LogP contribution >= 0.6 is 0 Å². The van der Waals surface area contributed by atoms with E-state index in [9.17, 15) is 13.9 Å². The third-order valence-electron chi connectivity index (χ3n) is 4.97. The van der Waals surface area contributed by atoms with E-state index in [1.807, 2.05) is 0 Å². The highest BCUT2D eigenvalue weighted by Gasteiger charge is 2.32. The molecule has 0 spiro atoms. The third kappa shape index (κ3) is 4.26. The Balaban J connectivity index is 1.90. The normalized spacial score (nSPS) is 24.9. The molecule has 1 saturated carbocycles. The van der Waals surface area contributed by atoms with Crippen molar-refractivity contribution in [1.29, 1.82) is 0 Å². The molecular formula is C18H26F2O. The highest BCUT2D eigenvalue weighted by molar-refractivity contribution is 5.18. The van der Waals surface area contributed by atoms with E-state index >= 15 is 0 Å². The van der Waals surface area contributed by atoms with Crippen LogP contribution in [0.2, 0.25) is 0 Å². The van der Waals surface area contributed by atoms with E-state index < -0.39 is 17.7 Å². The van der Waals surface area contributed by atoms with Crippen LogP contribution in [0.25, 0.3) is 0 Å². The summed E-state index contributed by atoms with van der Waals surface area (Å²) in [6, 6.07) is 3.88. The van der Waals surface area contributed by atoms with E-state index in [0.29, 0.717) is 23.3 Å². The Hall–Kier alpha value is -0.960. The zero-order valence-electron chi connectivity index (χ0n) is 13.2. The first-order valence-electron chi connectivity index (χ1n) is 7.89. The van der Waals surface area contributed by atoms with Crippen LogP contribution in [0.5, 0.6) is 0 Å². The van der Waals surface area contributed by atoms with Crippen LogP contribution in [0.1, 0.15) is 52.0 Å². The summed E-state index contributed by atoms with van der Waals surface area (Å²) >= 11 is 0. The van der Waals surface area contributed by atoms with E-state index in [4.69, 9.17) is 0 Å². The molecule has 0 saturated heterocycles. The van der Waals surface area contributed by atoms with Gasteiger partial charge in [0.05, 0.1) is 6.10 Å². The first-order valence-corrected chi connectivity index (χ1v) is 7.89. The SMILES string of the molecule is CC(C)(C)C1CCC(C(O)Cc2ccc(F)c(F)c2)CC1. The molecular weight excluding hydrogens is 270 g/mol. The Morgan fingerprint density at radius 2 is 1.71 bits per heavy atom. The average molecular weight is 296 g/mol. The topological polar surface area (TPSA) is 20.2 Å². The lowest BCUT2D eigenvalue weighted by Gasteiger charge is -2.38. The van der Waals surface area contributed by atoms with Gasteiger partial charge in [-0.25, -0.2) is 8.78 Å². The van der Waals surface area contributed by atoms with E-state index in [-0.39, 0.29) is 5.92 Å². The minimum Gasteiger partial charge on any atom is -0.392 e. The summed E-state index contributed by atoms with van der Waals surface area (Å²) in [5, 5.41) is 10.4. The maximum atomic E-state index is 13.2. The van der Waals surface area contributed by atoms with Crippen molar-refractivity contribution in [3.8, 4) is 0 Å². The summed E-state index contributed by atoms with van der Waals surface area (Å²) < 4.78 is 26.1. The molecule has 1 fully saturated rings. The van der Waals surface area contributed by atoms with Crippen molar-refractivity contribution in [2.45, 2.75) is 59.0 Å². The average Bonchev–Trinajstić information content (AvgIpc) is 2.42. The molecule has 2 rings (SSSR count). The van der Waals surface area contributed by atoms with Gasteiger partial charge in [0.15, 0.2) is 11.6 Å². The van der Waals surface area contributed by atoms with Gasteiger partial charge in [0, 0.05) is 0 Å². The molecule has 0 amide bonds. The van der Waals surface area contributed by atoms with Crippen molar-refractivity contribution in [1.82, 2.24) is 0 Å². The molecule has 1 unspecified atom stereocenters. The zero-order chi connectivity index (χ0) is 15.6. The number of aliphatic hydroxyl groups is 1. The summed E-state index contributed by atoms with van der Waals surface area (Å²) in [6.07, 6.45) is 4.27. The third-order valence-corrected chi connectivity index (χ3v) is 4.97. The van der Waals surface area contributed by atoms with Gasteiger partial charge in [-0.15, -0.1) is 0 Å². The molecule has 3 heteroatoms. The molecule has 0 radical (unpaired) electrons. The van der Waals surface area contributed by atoms with Crippen LogP contribution in [0.15, 0.2) is 18.2 Å². The lowest BCUT2D eigenvalue weighted by molar-refractivity contribution is 0.0536. The fraction of sp³-hybridized carbons (Fsp3) is 0.667. The largest absolute Gasteiger partial charge is 0.392 e. The van der Waals surface area contributed by atoms with Gasteiger partial charge in [-0.3, -0.25) is 0 Å². The quantitative estimate of drug-likeness (QED) is 0.855. The predicted octanol–water partition coefficient (Wildman–Crippen LogP) is 4.72. The molecule has 0 heterocycles. The first kappa shape index (κ1) is 16.4. The van der Waals surface area contributed by atoms with Crippen LogP contribution in [0, 0.1) is 28.9 Å². The molecule has 118 valence electrons. The number of benzene rings is 1. The highest BCUT2D eigenvalue weighted by atomic mass is 19.2. The van der Waals surface area contributed by atoms with Crippen LogP contribution in [0.3, 0.4) is 0 Å². The van der Waals surface area contributed by atoms with Crippen LogP contribution < -0.4 is 0 Å². The van der Waals surface area contributed by atoms with Crippen molar-refractivity contribution < 1.29 is 13.9 Å². The molecule has 0 aromatic heterocycles. The fourth-order valence-electron chi connectivity index (χ4n) is 3.44. The minimum absolute atomic E-state index is 0.275. The highest BCUT2D eigenvalue weighted by Crippen LogP contribution is 2.41. The van der Waals surface area contributed by atoms with Gasteiger partial charge in [-0.1, -0.05) is 26.8 Å². The van der Waals surface area contributed by atoms with Gasteiger partial charge in [-0.05, 0) is 67.1 Å². The number of halogens is 2. The second kappa shape index (κ2) is 6.43. The molecule has 0 aliphatic heterocycles. The second-order valence-electron chi connectivity index (χ2n) is 7.50. The molecule has 1 aliphatic rings. The smallest absolute Gasteiger partial charge is 0.159 e. The van der Waals surface area contributed by atoms with Gasteiger partial charge in [0.1, 0.15) is 0 Å². The monoisotopic (exact) mass is 296 g/mol. The second-order valence-corrected chi connectivity index (χ2v) is 7.50. The van der Waals surface area contributed by atoms with Crippen molar-refractivity contribution >= 4 is 0 Å². The van der Waals surface area contributed by atoms with E-state index in [1.165, 1.54) is 6.07 Å². The molecule has 1 aromatic rings. The Labute approximate surface area is 126 Å². The number of hydrogen-bond acceptors (Lipinski definition) is 1. The van der Waals surface area contributed by atoms with Crippen LogP contribution in [0.4, 0.5) is 8.78 Å². The lowest BCUT2D eigenvalue weighted by atomic mass is 9.68. The zero-order valence-corrected chi connectivity index (χ0v) is 13.2. The number of rotatable bonds is 3. The number of hydrogen-bond donors (Lipinski definition) is 1. The summed E-state index contributed by atoms with van der Waals surface area (Å²) in [5.74, 6) is -0.684. The molecule has 21 heavy (non-hydrogen) atoms. The fourth-order valence-corrected chi connectivity index (χ4v) is 3.44. The van der Waals surface area contributed by atoms with Gasteiger partial charge < -0.3 is 5.11 Å². The van der Waals surface area contributed by atoms with Crippen molar-refractivity contribution in [3.63, 3.8) is 0 Å². The lowest BCUT2D eigenvalue weighted by Crippen LogP contribution is -2.31. The van der Waals surface area contributed by atoms with Gasteiger partial charge in [0.25, 0.3) is 0 Å². The summed E-state index contributed by atoms with van der Waals surface area (Å²) in [7, 11) is 0. The Morgan fingerprint density at radius 3 is 2.24 bits per heavy atom. The Kier molecular flexibility index (Phi) is 5.03. The Bertz CT molecular complexity index is 471. The standard InChI is InChI=1S/C18H26F2O/c1-18(2,3)14-7-5-13(6-8-14)17(21)11-12-4-9-15(19)16(20)10-12/h4,9-10,13-14,17,21H,5-8,11H2,1-3H3. The Morgan fingerprint density at radius 1 is 1.10 bits per heavy atom. The molecule has 1 aliphatic carbocycles. The maximum Gasteiger partial charge on any atom is 0.159 e. The van der Waals surface area contributed by atoms with Gasteiger partial charge in [0.2, 0.25) is 0 Å². The van der Waals surface area contributed by atoms with E-state index in [2.05, 4.69) is 20.8 Å². The minimum atomic E-state index is -0.837. The molecule has 1 atom stereocenters. The summed E-state index contributed by atoms with van der Waals surface area (Å²) in [6.45, 7) is 6.82. The van der Waals surface area contributed by atoms with Crippen LogP contribution in [-0.4, -0.2) is 11.2 Å². The molecule has 1 nitrogen and oxygen atoms in total. The molecule has 1 N–H and O–H groups in total.